The van der Waals surface area contributed by atoms with Crippen LogP contribution in [0.15, 0.2) is 17.0 Å². The Kier molecular flexibility index (Phi) is 3.96. The fourth-order valence-electron chi connectivity index (χ4n) is 4.88. The summed E-state index contributed by atoms with van der Waals surface area (Å²) in [5, 5.41) is 0. The number of hydrogen-bond donors (Lipinski definition) is 0. The van der Waals surface area contributed by atoms with Gasteiger partial charge in [-0.15, -0.1) is 0 Å². The maximum Gasteiger partial charge on any atom is 0.193 e. The quantitative estimate of drug-likeness (QED) is 0.567. The van der Waals surface area contributed by atoms with Gasteiger partial charge in [0.15, 0.2) is 18.1 Å². The van der Waals surface area contributed by atoms with Crippen LogP contribution in [0.4, 0.5) is 0 Å². The molecule has 0 N–H and O–H groups in total. The fourth-order valence-corrected chi connectivity index (χ4v) is 5.99. The normalized spacial score (nSPS) is 23.4. The summed E-state index contributed by atoms with van der Waals surface area (Å²) in [6, 6.07) is 4.72. The molecule has 0 atom stereocenters. The zero-order valence-corrected chi connectivity index (χ0v) is 15.9. The minimum atomic E-state index is 0.332. The van der Waals surface area contributed by atoms with Crippen molar-refractivity contribution in [1.29, 1.82) is 0 Å². The highest BCUT2D eigenvalue weighted by Gasteiger charge is 2.47. The van der Waals surface area contributed by atoms with Crippen molar-refractivity contribution in [3.05, 3.63) is 28.8 Å². The summed E-state index contributed by atoms with van der Waals surface area (Å²) in [6.45, 7) is 15.4. The van der Waals surface area contributed by atoms with Crippen molar-refractivity contribution in [1.82, 2.24) is 0 Å². The lowest BCUT2D eigenvalue weighted by Gasteiger charge is -2.40. The van der Waals surface area contributed by atoms with E-state index in [2.05, 4.69) is 58.3 Å². The van der Waals surface area contributed by atoms with Crippen LogP contribution in [-0.2, 0) is 6.54 Å². The number of benzene rings is 1. The van der Waals surface area contributed by atoms with Crippen molar-refractivity contribution in [3.63, 3.8) is 0 Å². The molecule has 1 aliphatic heterocycles. The van der Waals surface area contributed by atoms with E-state index in [1.807, 2.05) is 11.8 Å². The molecule has 0 aromatic heterocycles. The van der Waals surface area contributed by atoms with Gasteiger partial charge in [-0.25, -0.2) is 4.58 Å². The van der Waals surface area contributed by atoms with Crippen molar-refractivity contribution in [3.8, 4) is 0 Å². The van der Waals surface area contributed by atoms with Gasteiger partial charge >= 0.3 is 0 Å². The molecule has 1 aromatic carbocycles. The molecule has 2 heteroatoms. The lowest BCUT2D eigenvalue weighted by atomic mass is 9.63. The summed E-state index contributed by atoms with van der Waals surface area (Å²) >= 11 is 2.03. The Balaban J connectivity index is 2.08. The number of nitrogens with zero attached hydrogens (tertiary/aromatic N) is 1. The lowest BCUT2D eigenvalue weighted by Crippen LogP contribution is -2.47. The van der Waals surface area contributed by atoms with Gasteiger partial charge in [0.05, 0.1) is 0 Å². The lowest BCUT2D eigenvalue weighted by molar-refractivity contribution is -0.534. The van der Waals surface area contributed by atoms with E-state index in [9.17, 15) is 0 Å². The van der Waals surface area contributed by atoms with Gasteiger partial charge in [-0.2, -0.15) is 0 Å². The topological polar surface area (TPSA) is 3.01 Å². The van der Waals surface area contributed by atoms with E-state index in [4.69, 9.17) is 0 Å². The monoisotopic (exact) mass is 316 g/mol. The van der Waals surface area contributed by atoms with Crippen LogP contribution in [0.5, 0.6) is 0 Å². The van der Waals surface area contributed by atoms with Gasteiger partial charge in [0.1, 0.15) is 0 Å². The van der Waals surface area contributed by atoms with Crippen molar-refractivity contribution in [2.75, 3.05) is 5.88 Å². The molecule has 0 spiro atoms. The first-order chi connectivity index (χ1) is 10.2. The molecule has 0 bridgehead atoms. The van der Waals surface area contributed by atoms with Gasteiger partial charge in [0.2, 0.25) is 0 Å². The first-order valence-corrected chi connectivity index (χ1v) is 9.55. The van der Waals surface area contributed by atoms with Crippen LogP contribution in [0, 0.1) is 24.7 Å². The summed E-state index contributed by atoms with van der Waals surface area (Å²) < 4.78 is 2.69. The van der Waals surface area contributed by atoms with Crippen LogP contribution in [0.2, 0.25) is 0 Å². The van der Waals surface area contributed by atoms with Gasteiger partial charge in [-0.3, -0.25) is 0 Å². The highest BCUT2D eigenvalue weighted by Crippen LogP contribution is 2.44. The Labute approximate surface area is 140 Å². The summed E-state index contributed by atoms with van der Waals surface area (Å²) in [6.07, 6.45) is 4.01. The molecule has 1 fully saturated rings. The van der Waals surface area contributed by atoms with Crippen LogP contribution in [0.25, 0.3) is 0 Å². The Bertz CT molecular complexity index is 619. The highest BCUT2D eigenvalue weighted by atomic mass is 32.2. The van der Waals surface area contributed by atoms with Gasteiger partial charge in [0, 0.05) is 21.3 Å². The standard InChI is InChI=1S/C20H30NS/c1-14-10-15(2)17-16(11-14)12-21(13-22-17)18-19(3,4)8-7-9-20(18,5)6/h10-11H,7-9,12-13H2,1-6H3/q+1. The summed E-state index contributed by atoms with van der Waals surface area (Å²) in [5.41, 5.74) is 6.72. The average molecular weight is 317 g/mol. The van der Waals surface area contributed by atoms with E-state index in [0.29, 0.717) is 10.8 Å². The SMILES string of the molecule is Cc1cc(C)c2c(c1)C[N+](=C1C(C)(C)CCCC1(C)C)CS2. The number of fused-ring (bicyclic) bond motifs is 1. The third-order valence-electron chi connectivity index (χ3n) is 5.42. The number of thioether (sulfide) groups is 1. The zero-order chi connectivity index (χ0) is 16.1. The van der Waals surface area contributed by atoms with E-state index in [1.165, 1.54) is 40.8 Å². The van der Waals surface area contributed by atoms with Crippen LogP contribution >= 0.6 is 11.8 Å². The average Bonchev–Trinajstić information content (AvgIpc) is 2.35. The minimum absolute atomic E-state index is 0.332. The molecule has 22 heavy (non-hydrogen) atoms. The third kappa shape index (κ3) is 2.75. The maximum atomic E-state index is 2.69. The van der Waals surface area contributed by atoms with Crippen molar-refractivity contribution >= 4 is 17.5 Å². The molecule has 2 aliphatic rings. The van der Waals surface area contributed by atoms with Crippen LogP contribution in [0.1, 0.15) is 63.6 Å². The molecule has 1 aliphatic carbocycles. The molecule has 1 heterocycles. The minimum Gasteiger partial charge on any atom is -0.222 e. The van der Waals surface area contributed by atoms with Crippen LogP contribution in [0.3, 0.4) is 0 Å². The zero-order valence-electron chi connectivity index (χ0n) is 15.0. The van der Waals surface area contributed by atoms with E-state index in [-0.39, 0.29) is 0 Å². The second-order valence-corrected chi connectivity index (χ2v) is 9.47. The molecule has 1 saturated carbocycles. The fraction of sp³-hybridized carbons (Fsp3) is 0.650. The van der Waals surface area contributed by atoms with E-state index in [0.717, 1.165) is 12.4 Å². The van der Waals surface area contributed by atoms with E-state index in [1.54, 1.807) is 5.71 Å². The molecular formula is C20H30NS+. The first-order valence-electron chi connectivity index (χ1n) is 8.56. The van der Waals surface area contributed by atoms with Crippen LogP contribution in [-0.4, -0.2) is 16.2 Å². The molecule has 0 radical (unpaired) electrons. The van der Waals surface area contributed by atoms with Gasteiger partial charge in [0.25, 0.3) is 0 Å². The third-order valence-corrected chi connectivity index (χ3v) is 6.74. The highest BCUT2D eigenvalue weighted by molar-refractivity contribution is 7.99. The number of hydrogen-bond acceptors (Lipinski definition) is 1. The Morgan fingerprint density at radius 1 is 1.00 bits per heavy atom. The molecule has 0 saturated heterocycles. The van der Waals surface area contributed by atoms with Gasteiger partial charge in [-0.05, 0) is 38.3 Å². The maximum absolute atomic E-state index is 2.69. The molecular weight excluding hydrogens is 286 g/mol. The molecule has 1 aromatic rings. The van der Waals surface area contributed by atoms with Crippen molar-refractivity contribution < 1.29 is 4.58 Å². The predicted molar refractivity (Wildman–Crippen MR) is 97.0 cm³/mol. The summed E-state index contributed by atoms with van der Waals surface area (Å²) in [7, 11) is 0. The summed E-state index contributed by atoms with van der Waals surface area (Å²) in [4.78, 5) is 1.52. The van der Waals surface area contributed by atoms with Crippen molar-refractivity contribution in [2.45, 2.75) is 72.2 Å². The van der Waals surface area contributed by atoms with Crippen molar-refractivity contribution in [2.24, 2.45) is 10.8 Å². The summed E-state index contributed by atoms with van der Waals surface area (Å²) in [5.74, 6) is 1.11. The van der Waals surface area contributed by atoms with Crippen LogP contribution < -0.4 is 0 Å². The van der Waals surface area contributed by atoms with E-state index >= 15 is 0 Å². The molecule has 120 valence electrons. The second kappa shape index (κ2) is 5.40. The first kappa shape index (κ1) is 16.1. The van der Waals surface area contributed by atoms with Gasteiger partial charge in [-0.1, -0.05) is 57.5 Å². The largest absolute Gasteiger partial charge is 0.222 e. The molecule has 0 unspecified atom stereocenters. The number of aryl methyl sites for hydroxylation is 2. The van der Waals surface area contributed by atoms with E-state index < -0.39 is 0 Å². The molecule has 0 amide bonds. The van der Waals surface area contributed by atoms with Gasteiger partial charge < -0.3 is 0 Å². The molecule has 1 nitrogen and oxygen atoms in total. The Morgan fingerprint density at radius 2 is 1.64 bits per heavy atom. The molecule has 3 rings (SSSR count). The number of rotatable bonds is 0. The smallest absolute Gasteiger partial charge is 0.193 e. The predicted octanol–water partition coefficient (Wildman–Crippen LogP) is 5.56. The Hall–Kier alpha value is -0.760. The second-order valence-electron chi connectivity index (χ2n) is 8.51. The Morgan fingerprint density at radius 3 is 2.27 bits per heavy atom.